The van der Waals surface area contributed by atoms with Crippen LogP contribution < -0.4 is 10.6 Å². The average Bonchev–Trinajstić information content (AvgIpc) is 2.64. The standard InChI is InChI=1S/C19H34N4O3S/c1-5-7-16(12-13-24)14-21-19(20-6-2)22-15-17-8-10-18(11-9-17)27(25,26)23(3)4/h8-11,16,24H,5-7,12-15H2,1-4H3,(H2,20,21,22). The van der Waals surface area contributed by atoms with Gasteiger partial charge in [-0.15, -0.1) is 0 Å². The van der Waals surface area contributed by atoms with Crippen molar-refractivity contribution < 1.29 is 13.5 Å². The molecule has 3 N–H and O–H groups in total. The van der Waals surface area contributed by atoms with E-state index in [0.29, 0.717) is 12.5 Å². The van der Waals surface area contributed by atoms with Crippen LogP contribution in [-0.4, -0.2) is 57.6 Å². The Morgan fingerprint density at radius 1 is 1.15 bits per heavy atom. The van der Waals surface area contributed by atoms with Gasteiger partial charge in [0.15, 0.2) is 5.96 Å². The van der Waals surface area contributed by atoms with Gasteiger partial charge in [-0.1, -0.05) is 25.5 Å². The van der Waals surface area contributed by atoms with Crippen molar-refractivity contribution in [1.29, 1.82) is 0 Å². The summed E-state index contributed by atoms with van der Waals surface area (Å²) >= 11 is 0. The third kappa shape index (κ3) is 7.86. The fraction of sp³-hybridized carbons (Fsp3) is 0.632. The average molecular weight is 399 g/mol. The molecule has 1 aromatic rings. The molecular weight excluding hydrogens is 364 g/mol. The molecule has 8 heteroatoms. The zero-order chi connectivity index (χ0) is 20.3. The van der Waals surface area contributed by atoms with Gasteiger partial charge in [-0.3, -0.25) is 0 Å². The lowest BCUT2D eigenvalue weighted by atomic mass is 10.0. The Bertz CT molecular complexity index is 667. The van der Waals surface area contributed by atoms with Gasteiger partial charge in [0.05, 0.1) is 11.4 Å². The summed E-state index contributed by atoms with van der Waals surface area (Å²) in [6, 6.07) is 6.79. The van der Waals surface area contributed by atoms with Crippen molar-refractivity contribution in [1.82, 2.24) is 14.9 Å². The Morgan fingerprint density at radius 3 is 2.33 bits per heavy atom. The van der Waals surface area contributed by atoms with E-state index < -0.39 is 10.0 Å². The SMILES string of the molecule is CCCC(CCO)CNC(=NCc1ccc(S(=O)(=O)N(C)C)cc1)NCC. The smallest absolute Gasteiger partial charge is 0.242 e. The number of sulfonamides is 1. The van der Waals surface area contributed by atoms with Crippen LogP contribution in [0.1, 0.15) is 38.7 Å². The van der Waals surface area contributed by atoms with Gasteiger partial charge in [0, 0.05) is 33.8 Å². The molecule has 0 saturated heterocycles. The van der Waals surface area contributed by atoms with E-state index in [9.17, 15) is 13.5 Å². The van der Waals surface area contributed by atoms with Crippen LogP contribution in [0.2, 0.25) is 0 Å². The number of hydrogen-bond donors (Lipinski definition) is 3. The summed E-state index contributed by atoms with van der Waals surface area (Å²) in [7, 11) is -0.374. The zero-order valence-corrected chi connectivity index (χ0v) is 17.7. The number of guanidine groups is 1. The topological polar surface area (TPSA) is 94.0 Å². The minimum absolute atomic E-state index is 0.197. The fourth-order valence-electron chi connectivity index (χ4n) is 2.67. The molecule has 1 unspecified atom stereocenters. The predicted octanol–water partition coefficient (Wildman–Crippen LogP) is 1.79. The molecule has 1 atom stereocenters. The first-order valence-corrected chi connectivity index (χ1v) is 10.9. The second kappa shape index (κ2) is 11.9. The number of benzene rings is 1. The lowest BCUT2D eigenvalue weighted by Crippen LogP contribution is -2.40. The highest BCUT2D eigenvalue weighted by molar-refractivity contribution is 7.89. The maximum atomic E-state index is 12.1. The van der Waals surface area contributed by atoms with Gasteiger partial charge in [0.2, 0.25) is 10.0 Å². The van der Waals surface area contributed by atoms with Crippen molar-refractivity contribution in [2.24, 2.45) is 10.9 Å². The molecule has 0 aliphatic carbocycles. The van der Waals surface area contributed by atoms with Gasteiger partial charge in [0.1, 0.15) is 0 Å². The van der Waals surface area contributed by atoms with E-state index in [4.69, 9.17) is 0 Å². The van der Waals surface area contributed by atoms with Gasteiger partial charge < -0.3 is 15.7 Å². The van der Waals surface area contributed by atoms with E-state index in [1.807, 2.05) is 6.92 Å². The molecule has 0 fully saturated rings. The van der Waals surface area contributed by atoms with E-state index in [1.54, 1.807) is 24.3 Å². The van der Waals surface area contributed by atoms with E-state index in [2.05, 4.69) is 22.5 Å². The highest BCUT2D eigenvalue weighted by Gasteiger charge is 2.16. The first kappa shape index (κ1) is 23.4. The van der Waals surface area contributed by atoms with Crippen LogP contribution in [0.15, 0.2) is 34.2 Å². The van der Waals surface area contributed by atoms with Crippen LogP contribution in [0.25, 0.3) is 0 Å². The number of rotatable bonds is 11. The lowest BCUT2D eigenvalue weighted by Gasteiger charge is -2.18. The Labute approximate surface area is 163 Å². The number of aliphatic hydroxyl groups is 1. The molecule has 7 nitrogen and oxygen atoms in total. The molecule has 0 aromatic heterocycles. The number of aliphatic hydroxyl groups excluding tert-OH is 1. The summed E-state index contributed by atoms with van der Waals surface area (Å²) in [5.41, 5.74) is 0.936. The van der Waals surface area contributed by atoms with Crippen molar-refractivity contribution >= 4 is 16.0 Å². The molecule has 0 spiro atoms. The Balaban J connectivity index is 2.74. The summed E-state index contributed by atoms with van der Waals surface area (Å²) < 4.78 is 25.4. The summed E-state index contributed by atoms with van der Waals surface area (Å²) in [6.07, 6.45) is 2.93. The van der Waals surface area contributed by atoms with Crippen molar-refractivity contribution in [3.05, 3.63) is 29.8 Å². The predicted molar refractivity (Wildman–Crippen MR) is 110 cm³/mol. The minimum atomic E-state index is -3.41. The number of nitrogens with zero attached hydrogens (tertiary/aromatic N) is 2. The summed E-state index contributed by atoms with van der Waals surface area (Å²) in [6.45, 7) is 6.32. The summed E-state index contributed by atoms with van der Waals surface area (Å²) in [4.78, 5) is 4.85. The van der Waals surface area contributed by atoms with E-state index in [1.165, 1.54) is 18.4 Å². The third-order valence-corrected chi connectivity index (χ3v) is 6.09. The summed E-state index contributed by atoms with van der Waals surface area (Å²) in [5, 5.41) is 15.7. The first-order chi connectivity index (χ1) is 12.8. The van der Waals surface area contributed by atoms with Crippen LogP contribution in [0.4, 0.5) is 0 Å². The molecule has 0 amide bonds. The van der Waals surface area contributed by atoms with Crippen molar-refractivity contribution in [2.45, 2.75) is 44.6 Å². The monoisotopic (exact) mass is 398 g/mol. The molecule has 0 aliphatic rings. The highest BCUT2D eigenvalue weighted by atomic mass is 32.2. The normalized spacial score (nSPS) is 13.6. The van der Waals surface area contributed by atoms with Crippen LogP contribution in [0, 0.1) is 5.92 Å². The quantitative estimate of drug-likeness (QED) is 0.390. The molecule has 0 aliphatic heterocycles. The second-order valence-electron chi connectivity index (χ2n) is 6.67. The van der Waals surface area contributed by atoms with Crippen molar-refractivity contribution in [3.63, 3.8) is 0 Å². The Hall–Kier alpha value is -1.64. The molecule has 1 aromatic carbocycles. The molecule has 27 heavy (non-hydrogen) atoms. The molecule has 0 radical (unpaired) electrons. The fourth-order valence-corrected chi connectivity index (χ4v) is 3.57. The van der Waals surface area contributed by atoms with Crippen LogP contribution in [0.3, 0.4) is 0 Å². The molecule has 154 valence electrons. The number of nitrogens with one attached hydrogen (secondary N) is 2. The van der Waals surface area contributed by atoms with Crippen LogP contribution in [0.5, 0.6) is 0 Å². The van der Waals surface area contributed by atoms with Gasteiger partial charge in [0.25, 0.3) is 0 Å². The number of hydrogen-bond acceptors (Lipinski definition) is 4. The third-order valence-electron chi connectivity index (χ3n) is 4.26. The van der Waals surface area contributed by atoms with Crippen LogP contribution in [-0.2, 0) is 16.6 Å². The minimum Gasteiger partial charge on any atom is -0.396 e. The van der Waals surface area contributed by atoms with Crippen molar-refractivity contribution in [3.8, 4) is 0 Å². The largest absolute Gasteiger partial charge is 0.396 e. The lowest BCUT2D eigenvalue weighted by molar-refractivity contribution is 0.251. The van der Waals surface area contributed by atoms with E-state index in [-0.39, 0.29) is 11.5 Å². The Kier molecular flexibility index (Phi) is 10.4. The van der Waals surface area contributed by atoms with Gasteiger partial charge in [-0.25, -0.2) is 17.7 Å². The zero-order valence-electron chi connectivity index (χ0n) is 16.9. The highest BCUT2D eigenvalue weighted by Crippen LogP contribution is 2.14. The number of aliphatic imine (C=N–C) groups is 1. The van der Waals surface area contributed by atoms with E-state index >= 15 is 0 Å². The molecule has 1 rings (SSSR count). The molecule has 0 saturated carbocycles. The van der Waals surface area contributed by atoms with Gasteiger partial charge in [-0.2, -0.15) is 0 Å². The first-order valence-electron chi connectivity index (χ1n) is 9.49. The molecule has 0 heterocycles. The van der Waals surface area contributed by atoms with Gasteiger partial charge >= 0.3 is 0 Å². The van der Waals surface area contributed by atoms with Crippen LogP contribution >= 0.6 is 0 Å². The Morgan fingerprint density at radius 2 is 1.81 bits per heavy atom. The second-order valence-corrected chi connectivity index (χ2v) is 8.83. The maximum Gasteiger partial charge on any atom is 0.242 e. The molecule has 0 bridgehead atoms. The summed E-state index contributed by atoms with van der Waals surface area (Å²) in [5.74, 6) is 1.14. The molecular formula is C19H34N4O3S. The van der Waals surface area contributed by atoms with Crippen molar-refractivity contribution in [2.75, 3.05) is 33.8 Å². The van der Waals surface area contributed by atoms with E-state index in [0.717, 1.165) is 43.9 Å². The maximum absolute atomic E-state index is 12.1. The van der Waals surface area contributed by atoms with Gasteiger partial charge in [-0.05, 0) is 43.4 Å².